The van der Waals surface area contributed by atoms with Gasteiger partial charge in [0.05, 0.1) is 0 Å². The summed E-state index contributed by atoms with van der Waals surface area (Å²) < 4.78 is 0. The highest BCUT2D eigenvalue weighted by Gasteiger charge is 2.19. The lowest BCUT2D eigenvalue weighted by Crippen LogP contribution is -2.40. The van der Waals surface area contributed by atoms with Crippen LogP contribution in [-0.2, 0) is 0 Å². The van der Waals surface area contributed by atoms with Crippen LogP contribution in [0.2, 0.25) is 0 Å². The topological polar surface area (TPSA) is 28.2 Å². The molecule has 0 radical (unpaired) electrons. The van der Waals surface area contributed by atoms with Gasteiger partial charge in [-0.2, -0.15) is 0 Å². The van der Waals surface area contributed by atoms with Gasteiger partial charge >= 0.3 is 0 Å². The summed E-state index contributed by atoms with van der Waals surface area (Å²) in [5.74, 6) is 0.763. The van der Waals surface area contributed by atoms with Gasteiger partial charge in [0.15, 0.2) is 0 Å². The van der Waals surface area contributed by atoms with Crippen molar-refractivity contribution in [2.45, 2.75) is 32.7 Å². The van der Waals surface area contributed by atoms with Gasteiger partial charge in [-0.05, 0) is 36.3 Å². The number of piperidine rings is 1. The van der Waals surface area contributed by atoms with Gasteiger partial charge in [-0.1, -0.05) is 26.0 Å². The summed E-state index contributed by atoms with van der Waals surface area (Å²) in [6.45, 7) is 8.24. The molecule has 0 aliphatic carbocycles. The molecule has 1 aliphatic rings. The van der Waals surface area contributed by atoms with E-state index in [-0.39, 0.29) is 0 Å². The molecule has 1 aromatic heterocycles. The van der Waals surface area contributed by atoms with Crippen LogP contribution in [-0.4, -0.2) is 35.6 Å². The van der Waals surface area contributed by atoms with Crippen LogP contribution in [0.25, 0.3) is 10.8 Å². The minimum Gasteiger partial charge on any atom is -0.382 e. The molecule has 1 fully saturated rings. The summed E-state index contributed by atoms with van der Waals surface area (Å²) in [5.41, 5.74) is 1.22. The van der Waals surface area contributed by atoms with Crippen molar-refractivity contribution < 1.29 is 0 Å². The Balaban J connectivity index is 1.65. The molecule has 21 heavy (non-hydrogen) atoms. The van der Waals surface area contributed by atoms with Gasteiger partial charge in [0, 0.05) is 49.1 Å². The van der Waals surface area contributed by atoms with Crippen molar-refractivity contribution in [1.29, 1.82) is 0 Å². The van der Waals surface area contributed by atoms with Crippen molar-refractivity contribution in [3.05, 3.63) is 36.7 Å². The van der Waals surface area contributed by atoms with Crippen LogP contribution in [0.5, 0.6) is 0 Å². The molecule has 1 aliphatic heterocycles. The van der Waals surface area contributed by atoms with E-state index in [4.69, 9.17) is 0 Å². The molecule has 1 aromatic carbocycles. The number of aromatic nitrogens is 1. The van der Waals surface area contributed by atoms with Crippen LogP contribution < -0.4 is 5.32 Å². The maximum Gasteiger partial charge on any atom is 0.0437 e. The molecule has 0 saturated carbocycles. The van der Waals surface area contributed by atoms with Crippen LogP contribution in [0, 0.1) is 5.92 Å². The molecule has 1 N–H and O–H groups in total. The fourth-order valence-electron chi connectivity index (χ4n) is 3.24. The third-order valence-electron chi connectivity index (χ3n) is 4.25. The third-order valence-corrected chi connectivity index (χ3v) is 4.25. The molecule has 0 spiro atoms. The lowest BCUT2D eigenvalue weighted by molar-refractivity contribution is 0.198. The summed E-state index contributed by atoms with van der Waals surface area (Å²) in [6, 6.07) is 9.10. The van der Waals surface area contributed by atoms with Crippen molar-refractivity contribution in [3.8, 4) is 0 Å². The summed E-state index contributed by atoms with van der Waals surface area (Å²) in [5, 5.41) is 6.21. The Morgan fingerprint density at radius 1 is 1.24 bits per heavy atom. The van der Waals surface area contributed by atoms with E-state index >= 15 is 0 Å². The molecule has 0 unspecified atom stereocenters. The molecule has 2 aromatic rings. The van der Waals surface area contributed by atoms with Gasteiger partial charge in [0.1, 0.15) is 0 Å². The number of nitrogens with one attached hydrogen (secondary N) is 1. The average Bonchev–Trinajstić information content (AvgIpc) is 2.49. The quantitative estimate of drug-likeness (QED) is 0.926. The number of hydrogen-bond donors (Lipinski definition) is 1. The van der Waals surface area contributed by atoms with E-state index in [0.29, 0.717) is 6.04 Å². The highest BCUT2D eigenvalue weighted by molar-refractivity contribution is 5.93. The third kappa shape index (κ3) is 3.53. The minimum atomic E-state index is 0.583. The Morgan fingerprint density at radius 2 is 2.05 bits per heavy atom. The van der Waals surface area contributed by atoms with Crippen molar-refractivity contribution in [3.63, 3.8) is 0 Å². The zero-order valence-electron chi connectivity index (χ0n) is 13.0. The number of fused-ring (bicyclic) bond motifs is 1. The highest BCUT2D eigenvalue weighted by Crippen LogP contribution is 2.25. The monoisotopic (exact) mass is 283 g/mol. The fraction of sp³-hybridized carbons (Fsp3) is 0.500. The Labute approximate surface area is 127 Å². The first kappa shape index (κ1) is 14.3. The lowest BCUT2D eigenvalue weighted by Gasteiger charge is -2.34. The summed E-state index contributed by atoms with van der Waals surface area (Å²) in [6.07, 6.45) is 6.27. The molecular weight excluding hydrogens is 258 g/mol. The number of benzene rings is 1. The summed E-state index contributed by atoms with van der Waals surface area (Å²) in [4.78, 5) is 6.85. The first-order chi connectivity index (χ1) is 10.2. The molecule has 0 bridgehead atoms. The van der Waals surface area contributed by atoms with Gasteiger partial charge in [-0.3, -0.25) is 4.98 Å². The number of hydrogen-bond acceptors (Lipinski definition) is 3. The van der Waals surface area contributed by atoms with Crippen LogP contribution in [0.3, 0.4) is 0 Å². The molecule has 2 heterocycles. The number of nitrogens with zero attached hydrogens (tertiary/aromatic N) is 2. The molecule has 112 valence electrons. The zero-order valence-corrected chi connectivity index (χ0v) is 13.0. The second-order valence-electron chi connectivity index (χ2n) is 6.52. The summed E-state index contributed by atoms with van der Waals surface area (Å²) >= 11 is 0. The van der Waals surface area contributed by atoms with Gasteiger partial charge < -0.3 is 10.2 Å². The van der Waals surface area contributed by atoms with Crippen LogP contribution in [0.4, 0.5) is 5.69 Å². The van der Waals surface area contributed by atoms with Crippen molar-refractivity contribution in [2.75, 3.05) is 25.0 Å². The smallest absolute Gasteiger partial charge is 0.0437 e. The largest absolute Gasteiger partial charge is 0.382 e. The van der Waals surface area contributed by atoms with Crippen molar-refractivity contribution in [1.82, 2.24) is 9.88 Å². The Bertz CT molecular complexity index is 581. The molecule has 3 rings (SSSR count). The SMILES string of the molecule is CC(C)CN1CCC(Nc2cccc3ccncc23)CC1. The number of rotatable bonds is 4. The van der Waals surface area contributed by atoms with E-state index < -0.39 is 0 Å². The number of anilines is 1. The van der Waals surface area contributed by atoms with Gasteiger partial charge in [0.2, 0.25) is 0 Å². The molecule has 3 heteroatoms. The standard InChI is InChI=1S/C18H25N3/c1-14(2)13-21-10-7-16(8-11-21)20-18-5-3-4-15-6-9-19-12-17(15)18/h3-6,9,12,14,16,20H,7-8,10-11,13H2,1-2H3. The van der Waals surface area contributed by atoms with E-state index in [1.807, 2.05) is 12.4 Å². The summed E-state index contributed by atoms with van der Waals surface area (Å²) in [7, 11) is 0. The van der Waals surface area contributed by atoms with Crippen LogP contribution >= 0.6 is 0 Å². The van der Waals surface area contributed by atoms with Crippen LogP contribution in [0.15, 0.2) is 36.7 Å². The Hall–Kier alpha value is -1.61. The molecule has 0 atom stereocenters. The van der Waals surface area contributed by atoms with Gasteiger partial charge in [0.25, 0.3) is 0 Å². The maximum atomic E-state index is 4.26. The molecule has 1 saturated heterocycles. The maximum absolute atomic E-state index is 4.26. The lowest BCUT2D eigenvalue weighted by atomic mass is 10.0. The van der Waals surface area contributed by atoms with Crippen molar-refractivity contribution >= 4 is 16.5 Å². The van der Waals surface area contributed by atoms with E-state index in [2.05, 4.69) is 53.3 Å². The minimum absolute atomic E-state index is 0.583. The van der Waals surface area contributed by atoms with Crippen molar-refractivity contribution in [2.24, 2.45) is 5.92 Å². The first-order valence-corrected chi connectivity index (χ1v) is 8.04. The van der Waals surface area contributed by atoms with E-state index in [0.717, 1.165) is 5.92 Å². The first-order valence-electron chi connectivity index (χ1n) is 8.04. The van der Waals surface area contributed by atoms with Gasteiger partial charge in [-0.15, -0.1) is 0 Å². The second-order valence-corrected chi connectivity index (χ2v) is 6.52. The molecule has 3 nitrogen and oxygen atoms in total. The fourth-order valence-corrected chi connectivity index (χ4v) is 3.24. The van der Waals surface area contributed by atoms with E-state index in [1.165, 1.54) is 48.9 Å². The predicted molar refractivity (Wildman–Crippen MR) is 89.7 cm³/mol. The average molecular weight is 283 g/mol. The zero-order chi connectivity index (χ0) is 14.7. The van der Waals surface area contributed by atoms with Crippen LogP contribution in [0.1, 0.15) is 26.7 Å². The predicted octanol–water partition coefficient (Wildman–Crippen LogP) is 3.77. The molecule has 0 amide bonds. The normalized spacial score (nSPS) is 17.5. The second kappa shape index (κ2) is 6.44. The highest BCUT2D eigenvalue weighted by atomic mass is 15.1. The van der Waals surface area contributed by atoms with E-state index in [1.54, 1.807) is 0 Å². The molecular formula is C18H25N3. The Morgan fingerprint density at radius 3 is 2.81 bits per heavy atom. The van der Waals surface area contributed by atoms with E-state index in [9.17, 15) is 0 Å². The number of likely N-dealkylation sites (tertiary alicyclic amines) is 1. The number of pyridine rings is 1. The van der Waals surface area contributed by atoms with Gasteiger partial charge in [-0.25, -0.2) is 0 Å². The Kier molecular flexibility index (Phi) is 4.39.